The number of urea groups is 1. The SMILES string of the molecule is CCCCCNC(=O)N1C(c2ccc(OC)cc2F)COC(C(C)(C)C)C1(C)C. The smallest absolute Gasteiger partial charge is 0.318 e. The Morgan fingerprint density at radius 3 is 2.59 bits per heavy atom. The molecular weight excluding hydrogens is 371 g/mol. The van der Waals surface area contributed by atoms with Crippen LogP contribution in [0.2, 0.25) is 0 Å². The van der Waals surface area contributed by atoms with Gasteiger partial charge in [0.15, 0.2) is 0 Å². The van der Waals surface area contributed by atoms with Gasteiger partial charge in [-0.25, -0.2) is 9.18 Å². The number of nitrogens with one attached hydrogen (secondary N) is 1. The van der Waals surface area contributed by atoms with E-state index in [0.29, 0.717) is 17.9 Å². The molecule has 29 heavy (non-hydrogen) atoms. The van der Waals surface area contributed by atoms with E-state index >= 15 is 0 Å². The minimum Gasteiger partial charge on any atom is -0.497 e. The number of methoxy groups -OCH3 is 1. The molecular formula is C23H37FN2O3. The standard InChI is InChI=1S/C23H37FN2O3/c1-8-9-10-13-25-21(27)26-19(17-12-11-16(28-7)14-18(17)24)15-29-20(22(2,3)4)23(26,5)6/h11-12,14,19-20H,8-10,13,15H2,1-7H3,(H,25,27). The summed E-state index contributed by atoms with van der Waals surface area (Å²) in [4.78, 5) is 15.1. The number of benzene rings is 1. The average molecular weight is 409 g/mol. The molecule has 6 heteroatoms. The summed E-state index contributed by atoms with van der Waals surface area (Å²) in [5.41, 5.74) is -0.356. The fourth-order valence-electron chi connectivity index (χ4n) is 4.50. The molecule has 5 nitrogen and oxygen atoms in total. The van der Waals surface area contributed by atoms with Gasteiger partial charge in [0.25, 0.3) is 0 Å². The first-order valence-electron chi connectivity index (χ1n) is 10.6. The zero-order chi connectivity index (χ0) is 21.8. The van der Waals surface area contributed by atoms with Gasteiger partial charge in [-0.3, -0.25) is 0 Å². The summed E-state index contributed by atoms with van der Waals surface area (Å²) in [5, 5.41) is 3.04. The van der Waals surface area contributed by atoms with Crippen molar-refractivity contribution in [2.24, 2.45) is 5.41 Å². The maximum absolute atomic E-state index is 14.9. The first-order chi connectivity index (χ1) is 13.5. The number of morpholine rings is 1. The van der Waals surface area contributed by atoms with E-state index in [0.717, 1.165) is 19.3 Å². The maximum Gasteiger partial charge on any atom is 0.318 e. The Labute approximate surface area is 174 Å². The number of halogens is 1. The van der Waals surface area contributed by atoms with Crippen molar-refractivity contribution in [2.75, 3.05) is 20.3 Å². The molecule has 164 valence electrons. The molecule has 0 aromatic heterocycles. The third-order valence-electron chi connectivity index (χ3n) is 5.62. The van der Waals surface area contributed by atoms with E-state index < -0.39 is 17.4 Å². The van der Waals surface area contributed by atoms with Gasteiger partial charge < -0.3 is 19.7 Å². The third kappa shape index (κ3) is 5.21. The van der Waals surface area contributed by atoms with Gasteiger partial charge in [-0.2, -0.15) is 0 Å². The zero-order valence-electron chi connectivity index (χ0n) is 19.0. The first kappa shape index (κ1) is 23.5. The number of carbonyl (C=O) groups is 1. The molecule has 0 aliphatic carbocycles. The second-order valence-corrected chi connectivity index (χ2v) is 9.45. The molecule has 1 aromatic carbocycles. The van der Waals surface area contributed by atoms with Crippen molar-refractivity contribution in [1.82, 2.24) is 10.2 Å². The molecule has 2 atom stereocenters. The van der Waals surface area contributed by atoms with Gasteiger partial charge in [-0.1, -0.05) is 46.6 Å². The first-order valence-corrected chi connectivity index (χ1v) is 10.6. The molecule has 2 amide bonds. The summed E-state index contributed by atoms with van der Waals surface area (Å²) in [6.07, 6.45) is 2.89. The van der Waals surface area contributed by atoms with Gasteiger partial charge in [0.2, 0.25) is 0 Å². The number of amides is 2. The van der Waals surface area contributed by atoms with Crippen molar-refractivity contribution in [1.29, 1.82) is 0 Å². The van der Waals surface area contributed by atoms with Crippen LogP contribution >= 0.6 is 0 Å². The van der Waals surface area contributed by atoms with Crippen molar-refractivity contribution in [3.8, 4) is 5.75 Å². The average Bonchev–Trinajstić information content (AvgIpc) is 2.62. The van der Waals surface area contributed by atoms with Gasteiger partial charge >= 0.3 is 6.03 Å². The van der Waals surface area contributed by atoms with Crippen LogP contribution in [-0.4, -0.2) is 42.8 Å². The van der Waals surface area contributed by atoms with Crippen LogP contribution in [0.5, 0.6) is 5.75 Å². The molecule has 2 unspecified atom stereocenters. The predicted molar refractivity (Wildman–Crippen MR) is 114 cm³/mol. The summed E-state index contributed by atoms with van der Waals surface area (Å²) in [7, 11) is 1.51. The normalized spacial score (nSPS) is 21.7. The summed E-state index contributed by atoms with van der Waals surface area (Å²) >= 11 is 0. The largest absolute Gasteiger partial charge is 0.497 e. The molecule has 2 rings (SSSR count). The van der Waals surface area contributed by atoms with Crippen LogP contribution in [0, 0.1) is 11.2 Å². The van der Waals surface area contributed by atoms with Crippen LogP contribution in [-0.2, 0) is 4.74 Å². The number of carbonyl (C=O) groups excluding carboxylic acids is 1. The van der Waals surface area contributed by atoms with Crippen LogP contribution in [0.25, 0.3) is 0 Å². The minimum absolute atomic E-state index is 0.173. The summed E-state index contributed by atoms with van der Waals surface area (Å²) < 4.78 is 26.3. The highest BCUT2D eigenvalue weighted by Gasteiger charge is 2.51. The van der Waals surface area contributed by atoms with E-state index in [9.17, 15) is 9.18 Å². The van der Waals surface area contributed by atoms with E-state index in [4.69, 9.17) is 9.47 Å². The predicted octanol–water partition coefficient (Wildman–Crippen LogP) is 5.30. The maximum atomic E-state index is 14.9. The minimum atomic E-state index is -0.623. The van der Waals surface area contributed by atoms with Crippen molar-refractivity contribution in [3.63, 3.8) is 0 Å². The Morgan fingerprint density at radius 1 is 1.34 bits per heavy atom. The Hall–Kier alpha value is -1.82. The lowest BCUT2D eigenvalue weighted by Gasteiger charge is -2.55. The van der Waals surface area contributed by atoms with Crippen LogP contribution in [0.4, 0.5) is 9.18 Å². The number of nitrogens with zero attached hydrogens (tertiary/aromatic N) is 1. The summed E-state index contributed by atoms with van der Waals surface area (Å²) in [6, 6.07) is 4.07. The highest BCUT2D eigenvalue weighted by molar-refractivity contribution is 5.76. The number of hydrogen-bond donors (Lipinski definition) is 1. The number of rotatable bonds is 6. The molecule has 0 spiro atoms. The van der Waals surface area contributed by atoms with E-state index in [1.165, 1.54) is 13.2 Å². The van der Waals surface area contributed by atoms with Gasteiger partial charge in [-0.05, 0) is 31.7 Å². The van der Waals surface area contributed by atoms with E-state index in [1.54, 1.807) is 17.0 Å². The topological polar surface area (TPSA) is 50.8 Å². The summed E-state index contributed by atoms with van der Waals surface area (Å²) in [5.74, 6) is 0.0529. The van der Waals surface area contributed by atoms with Gasteiger partial charge in [0, 0.05) is 18.2 Å². The second-order valence-electron chi connectivity index (χ2n) is 9.45. The number of unbranched alkanes of at least 4 members (excludes halogenated alkanes) is 2. The highest BCUT2D eigenvalue weighted by atomic mass is 19.1. The molecule has 1 aliphatic heterocycles. The van der Waals surface area contributed by atoms with E-state index in [2.05, 4.69) is 33.0 Å². The molecule has 0 radical (unpaired) electrons. The molecule has 1 heterocycles. The van der Waals surface area contributed by atoms with Crippen molar-refractivity contribution in [3.05, 3.63) is 29.6 Å². The molecule has 0 bridgehead atoms. The monoisotopic (exact) mass is 408 g/mol. The molecule has 1 N–H and O–H groups in total. The fraction of sp³-hybridized carbons (Fsp3) is 0.696. The van der Waals surface area contributed by atoms with E-state index in [1.807, 2.05) is 13.8 Å². The van der Waals surface area contributed by atoms with Crippen LogP contribution < -0.4 is 10.1 Å². The lowest BCUT2D eigenvalue weighted by atomic mass is 9.75. The molecule has 1 aromatic rings. The Balaban J connectivity index is 2.39. The van der Waals surface area contributed by atoms with Crippen LogP contribution in [0.3, 0.4) is 0 Å². The molecule has 0 saturated carbocycles. The Kier molecular flexibility index (Phi) is 7.55. The third-order valence-corrected chi connectivity index (χ3v) is 5.62. The van der Waals surface area contributed by atoms with Crippen LogP contribution in [0.15, 0.2) is 18.2 Å². The molecule has 1 fully saturated rings. The summed E-state index contributed by atoms with van der Waals surface area (Å²) in [6.45, 7) is 13.3. The lowest BCUT2D eigenvalue weighted by Crippen LogP contribution is -2.66. The Morgan fingerprint density at radius 2 is 2.03 bits per heavy atom. The fourth-order valence-corrected chi connectivity index (χ4v) is 4.50. The van der Waals surface area contributed by atoms with Crippen molar-refractivity contribution >= 4 is 6.03 Å². The quantitative estimate of drug-likeness (QED) is 0.650. The van der Waals surface area contributed by atoms with Crippen molar-refractivity contribution < 1.29 is 18.7 Å². The number of hydrogen-bond acceptors (Lipinski definition) is 3. The lowest BCUT2D eigenvalue weighted by molar-refractivity contribution is -0.162. The Bertz CT molecular complexity index is 700. The molecule has 1 aliphatic rings. The number of ether oxygens (including phenoxy) is 2. The van der Waals surface area contributed by atoms with Crippen LogP contribution in [0.1, 0.15) is 72.4 Å². The zero-order valence-corrected chi connectivity index (χ0v) is 19.0. The van der Waals surface area contributed by atoms with Gasteiger partial charge in [0.1, 0.15) is 11.6 Å². The highest BCUT2D eigenvalue weighted by Crippen LogP contribution is 2.44. The van der Waals surface area contributed by atoms with Gasteiger partial charge in [0.05, 0.1) is 31.4 Å². The molecule has 1 saturated heterocycles. The van der Waals surface area contributed by atoms with E-state index in [-0.39, 0.29) is 24.2 Å². The second kappa shape index (κ2) is 9.33. The van der Waals surface area contributed by atoms with Crippen molar-refractivity contribution in [2.45, 2.75) is 78.5 Å². The van der Waals surface area contributed by atoms with Gasteiger partial charge in [-0.15, -0.1) is 0 Å².